The van der Waals surface area contributed by atoms with Gasteiger partial charge in [-0.25, -0.2) is 0 Å². The maximum Gasteiger partial charge on any atom is 0.276 e. The van der Waals surface area contributed by atoms with Gasteiger partial charge in [0.15, 0.2) is 0 Å². The van der Waals surface area contributed by atoms with E-state index in [0.29, 0.717) is 12.0 Å². The Kier molecular flexibility index (Phi) is 5.05. The van der Waals surface area contributed by atoms with Crippen molar-refractivity contribution in [3.8, 4) is 0 Å². The topological polar surface area (TPSA) is 92.5 Å². The maximum absolute atomic E-state index is 11.8. The lowest BCUT2D eigenvalue weighted by molar-refractivity contribution is -0.385. The molecule has 1 aromatic rings. The second-order valence-corrected chi connectivity index (χ2v) is 5.12. The van der Waals surface area contributed by atoms with Crippen molar-refractivity contribution in [1.29, 1.82) is 0 Å². The molecule has 0 radical (unpaired) electrons. The van der Waals surface area contributed by atoms with Crippen molar-refractivity contribution in [2.75, 3.05) is 0 Å². The second kappa shape index (κ2) is 6.99. The van der Waals surface area contributed by atoms with Crippen molar-refractivity contribution < 1.29 is 14.8 Å². The van der Waals surface area contributed by atoms with Crippen molar-refractivity contribution in [3.05, 3.63) is 46.0 Å². The van der Waals surface area contributed by atoms with Crippen LogP contribution in [-0.4, -0.2) is 28.1 Å². The molecule has 112 valence electrons. The first kappa shape index (κ1) is 15.2. The average Bonchev–Trinajstić information content (AvgIpc) is 2.48. The van der Waals surface area contributed by atoms with Crippen LogP contribution in [0.2, 0.25) is 0 Å². The minimum atomic E-state index is -0.512. The zero-order valence-electron chi connectivity index (χ0n) is 11.6. The van der Waals surface area contributed by atoms with Gasteiger partial charge in [0.25, 0.3) is 5.69 Å². The molecule has 6 heteroatoms. The lowest BCUT2D eigenvalue weighted by atomic mass is 9.92. The minimum Gasteiger partial charge on any atom is -0.391 e. The lowest BCUT2D eigenvalue weighted by Gasteiger charge is -2.27. The zero-order valence-corrected chi connectivity index (χ0v) is 11.6. The van der Waals surface area contributed by atoms with Gasteiger partial charge in [-0.2, -0.15) is 0 Å². The minimum absolute atomic E-state index is 0.0424. The van der Waals surface area contributed by atoms with Crippen LogP contribution in [0.15, 0.2) is 30.3 Å². The molecule has 1 amide bonds. The molecule has 0 unspecified atom stereocenters. The number of carbonyl (C=O) groups is 1. The first-order valence-corrected chi connectivity index (χ1v) is 6.98. The van der Waals surface area contributed by atoms with E-state index in [4.69, 9.17) is 0 Å². The average molecular weight is 290 g/mol. The predicted octanol–water partition coefficient (Wildman–Crippen LogP) is 2.03. The Hall–Kier alpha value is -2.21. The van der Waals surface area contributed by atoms with E-state index in [1.165, 1.54) is 18.2 Å². The van der Waals surface area contributed by atoms with E-state index in [0.717, 1.165) is 19.3 Å². The number of hydrogen-bond acceptors (Lipinski definition) is 4. The molecule has 1 fully saturated rings. The summed E-state index contributed by atoms with van der Waals surface area (Å²) in [6, 6.07) is 5.99. The summed E-state index contributed by atoms with van der Waals surface area (Å²) >= 11 is 0. The molecule has 0 heterocycles. The number of nitrogens with zero attached hydrogens (tertiary/aromatic N) is 1. The van der Waals surface area contributed by atoms with Crippen LogP contribution in [0, 0.1) is 10.1 Å². The number of nitro benzene ring substituents is 1. The number of nitro groups is 1. The molecule has 1 saturated carbocycles. The molecule has 0 saturated heterocycles. The van der Waals surface area contributed by atoms with Gasteiger partial charge in [0.1, 0.15) is 0 Å². The number of para-hydroxylation sites is 1. The molecule has 2 N–H and O–H groups in total. The van der Waals surface area contributed by atoms with Crippen LogP contribution in [0.1, 0.15) is 31.2 Å². The third-order valence-corrected chi connectivity index (χ3v) is 3.60. The van der Waals surface area contributed by atoms with Gasteiger partial charge in [0, 0.05) is 12.1 Å². The zero-order chi connectivity index (χ0) is 15.2. The monoisotopic (exact) mass is 290 g/mol. The molecular formula is C15H18N2O4. The van der Waals surface area contributed by atoms with E-state index in [1.807, 2.05) is 0 Å². The maximum atomic E-state index is 11.8. The number of benzene rings is 1. The third-order valence-electron chi connectivity index (χ3n) is 3.60. The molecule has 1 aliphatic rings. The van der Waals surface area contributed by atoms with Crippen molar-refractivity contribution in [2.45, 2.75) is 37.8 Å². The molecule has 21 heavy (non-hydrogen) atoms. The van der Waals surface area contributed by atoms with Gasteiger partial charge >= 0.3 is 0 Å². The third kappa shape index (κ3) is 4.13. The van der Waals surface area contributed by atoms with Gasteiger partial charge in [-0.1, -0.05) is 25.0 Å². The van der Waals surface area contributed by atoms with Gasteiger partial charge in [0.05, 0.1) is 22.6 Å². The van der Waals surface area contributed by atoms with E-state index >= 15 is 0 Å². The summed E-state index contributed by atoms with van der Waals surface area (Å²) in [4.78, 5) is 22.2. The fourth-order valence-electron chi connectivity index (χ4n) is 2.47. The smallest absolute Gasteiger partial charge is 0.276 e. The Morgan fingerprint density at radius 1 is 1.33 bits per heavy atom. The molecule has 2 rings (SSSR count). The SMILES string of the molecule is O=C(/C=C/c1ccccc1[N+](=O)[O-])N[C@H]1CCCC[C@@H]1O. The van der Waals surface area contributed by atoms with E-state index in [9.17, 15) is 20.0 Å². The molecule has 1 aliphatic carbocycles. The number of amides is 1. The number of aliphatic hydroxyl groups is 1. The second-order valence-electron chi connectivity index (χ2n) is 5.12. The van der Waals surface area contributed by atoms with Crippen LogP contribution in [0.4, 0.5) is 5.69 Å². The van der Waals surface area contributed by atoms with Crippen LogP contribution in [0.25, 0.3) is 6.08 Å². The number of rotatable bonds is 4. The molecular weight excluding hydrogens is 272 g/mol. The number of hydrogen-bond donors (Lipinski definition) is 2. The first-order chi connectivity index (χ1) is 10.1. The standard InChI is InChI=1S/C15H18N2O4/c18-14-8-4-2-6-12(14)16-15(19)10-9-11-5-1-3-7-13(11)17(20)21/h1,3,5,7,9-10,12,14,18H,2,4,6,8H2,(H,16,19)/b10-9+/t12-,14-/m0/s1. The van der Waals surface area contributed by atoms with Crippen molar-refractivity contribution in [2.24, 2.45) is 0 Å². The number of nitrogens with one attached hydrogen (secondary N) is 1. The number of aliphatic hydroxyl groups excluding tert-OH is 1. The highest BCUT2D eigenvalue weighted by molar-refractivity contribution is 5.92. The van der Waals surface area contributed by atoms with Crippen molar-refractivity contribution in [1.82, 2.24) is 5.32 Å². The molecule has 6 nitrogen and oxygen atoms in total. The Balaban J connectivity index is 2.00. The summed E-state index contributed by atoms with van der Waals surface area (Å²) in [5.41, 5.74) is 0.334. The molecule has 0 bridgehead atoms. The summed E-state index contributed by atoms with van der Waals surface area (Å²) in [7, 11) is 0. The molecule has 2 atom stereocenters. The highest BCUT2D eigenvalue weighted by atomic mass is 16.6. The van der Waals surface area contributed by atoms with Crippen molar-refractivity contribution in [3.63, 3.8) is 0 Å². The predicted molar refractivity (Wildman–Crippen MR) is 78.5 cm³/mol. The van der Waals surface area contributed by atoms with Crippen LogP contribution in [0.3, 0.4) is 0 Å². The Morgan fingerprint density at radius 2 is 2.05 bits per heavy atom. The lowest BCUT2D eigenvalue weighted by Crippen LogP contribution is -2.44. The largest absolute Gasteiger partial charge is 0.391 e. The van der Waals surface area contributed by atoms with Crippen molar-refractivity contribution >= 4 is 17.7 Å². The highest BCUT2D eigenvalue weighted by Crippen LogP contribution is 2.20. The van der Waals surface area contributed by atoms with Crippen LogP contribution < -0.4 is 5.32 Å². The summed E-state index contributed by atoms with van der Waals surface area (Å²) in [5, 5.41) is 23.4. The molecule has 0 aliphatic heterocycles. The van der Waals surface area contributed by atoms with Gasteiger partial charge in [0.2, 0.25) is 5.91 Å². The summed E-state index contributed by atoms with van der Waals surface area (Å²) < 4.78 is 0. The van der Waals surface area contributed by atoms with Crippen LogP contribution >= 0.6 is 0 Å². The first-order valence-electron chi connectivity index (χ1n) is 6.98. The normalized spacial score (nSPS) is 22.1. The summed E-state index contributed by atoms with van der Waals surface area (Å²) in [6.45, 7) is 0. The highest BCUT2D eigenvalue weighted by Gasteiger charge is 2.23. The van der Waals surface area contributed by atoms with E-state index < -0.39 is 11.0 Å². The molecule has 0 spiro atoms. The van der Waals surface area contributed by atoms with Gasteiger partial charge in [-0.3, -0.25) is 14.9 Å². The Morgan fingerprint density at radius 3 is 2.76 bits per heavy atom. The fourth-order valence-corrected chi connectivity index (χ4v) is 2.47. The number of carbonyl (C=O) groups excluding carboxylic acids is 1. The van der Waals surface area contributed by atoms with E-state index in [2.05, 4.69) is 5.32 Å². The fraction of sp³-hybridized carbons (Fsp3) is 0.400. The van der Waals surface area contributed by atoms with Crippen LogP contribution in [0.5, 0.6) is 0 Å². The van der Waals surface area contributed by atoms with Gasteiger partial charge in [-0.05, 0) is 25.0 Å². The van der Waals surface area contributed by atoms with Crippen LogP contribution in [-0.2, 0) is 4.79 Å². The summed E-state index contributed by atoms with van der Waals surface area (Å²) in [5.74, 6) is -0.348. The summed E-state index contributed by atoms with van der Waals surface area (Å²) in [6.07, 6.45) is 5.58. The molecule has 0 aromatic heterocycles. The Labute approximate surface area is 122 Å². The quantitative estimate of drug-likeness (QED) is 0.504. The van der Waals surface area contributed by atoms with E-state index in [1.54, 1.807) is 18.2 Å². The van der Waals surface area contributed by atoms with Gasteiger partial charge < -0.3 is 10.4 Å². The molecule has 1 aromatic carbocycles. The van der Waals surface area contributed by atoms with Gasteiger partial charge in [-0.15, -0.1) is 0 Å². The van der Waals surface area contributed by atoms with E-state index in [-0.39, 0.29) is 17.6 Å². The Bertz CT molecular complexity index is 556.